The van der Waals surface area contributed by atoms with E-state index in [2.05, 4.69) is 62.3 Å². The van der Waals surface area contributed by atoms with Crippen LogP contribution in [0.4, 0.5) is 0 Å². The summed E-state index contributed by atoms with van der Waals surface area (Å²) in [5.74, 6) is 2.36. The van der Waals surface area contributed by atoms with Gasteiger partial charge in [-0.25, -0.2) is 0 Å². The summed E-state index contributed by atoms with van der Waals surface area (Å²) < 4.78 is 0. The van der Waals surface area contributed by atoms with E-state index >= 15 is 0 Å². The quantitative estimate of drug-likeness (QED) is 0.338. The van der Waals surface area contributed by atoms with Gasteiger partial charge in [0.15, 0.2) is 0 Å². The molecule has 6 heteroatoms. The van der Waals surface area contributed by atoms with Crippen molar-refractivity contribution in [2.24, 2.45) is 51.8 Å². The van der Waals surface area contributed by atoms with Gasteiger partial charge in [0.05, 0.1) is 20.0 Å². The average Bonchev–Trinajstić information content (AvgIpc) is 2.94. The van der Waals surface area contributed by atoms with Crippen molar-refractivity contribution in [3.8, 4) is 0 Å². The molecule has 3 aliphatic carbocycles. The standard InChI is InChI=1S/C36H63N3O3/c1-34(2,3)28-16-10-25(11-17-28)31(40)37-22-38(32(41)26-12-18-29(19-13-26)35(4,5)6)24-39(23-37)33(42)27-14-20-30(21-15-27)36(7,8)9/h25-30H,10-24H2,1-9H3. The Morgan fingerprint density at radius 1 is 0.381 bits per heavy atom. The molecule has 3 saturated carbocycles. The normalized spacial score (nSPS) is 32.1. The van der Waals surface area contributed by atoms with Crippen LogP contribution in [-0.2, 0) is 14.4 Å². The summed E-state index contributed by atoms with van der Waals surface area (Å²) in [7, 11) is 0. The molecule has 3 amide bonds. The zero-order chi connectivity index (χ0) is 31.0. The van der Waals surface area contributed by atoms with Gasteiger partial charge in [-0.3, -0.25) is 14.4 Å². The third kappa shape index (κ3) is 7.92. The molecule has 240 valence electrons. The summed E-state index contributed by atoms with van der Waals surface area (Å²) in [4.78, 5) is 47.4. The Balaban J connectivity index is 1.45. The highest BCUT2D eigenvalue weighted by Crippen LogP contribution is 2.43. The van der Waals surface area contributed by atoms with Gasteiger partial charge in [-0.15, -0.1) is 0 Å². The van der Waals surface area contributed by atoms with Crippen molar-refractivity contribution in [3.05, 3.63) is 0 Å². The summed E-state index contributed by atoms with van der Waals surface area (Å²) in [5, 5.41) is 0. The average molecular weight is 586 g/mol. The van der Waals surface area contributed by atoms with Crippen molar-refractivity contribution in [1.29, 1.82) is 0 Å². The van der Waals surface area contributed by atoms with Gasteiger partial charge >= 0.3 is 0 Å². The van der Waals surface area contributed by atoms with E-state index in [1.165, 1.54) is 0 Å². The lowest BCUT2D eigenvalue weighted by Gasteiger charge is -2.47. The van der Waals surface area contributed by atoms with E-state index in [1.807, 2.05) is 14.7 Å². The minimum atomic E-state index is 0.0000489. The van der Waals surface area contributed by atoms with Crippen LogP contribution in [0.25, 0.3) is 0 Å². The molecule has 0 bridgehead atoms. The summed E-state index contributed by atoms with van der Waals surface area (Å²) in [5.41, 5.74) is 0.802. The van der Waals surface area contributed by atoms with E-state index in [-0.39, 0.29) is 51.7 Å². The maximum atomic E-state index is 14.0. The van der Waals surface area contributed by atoms with Crippen LogP contribution in [-0.4, -0.2) is 52.4 Å². The minimum Gasteiger partial charge on any atom is -0.307 e. The molecule has 0 aromatic rings. The number of amides is 3. The zero-order valence-electron chi connectivity index (χ0n) is 28.6. The van der Waals surface area contributed by atoms with Gasteiger partial charge < -0.3 is 14.7 Å². The van der Waals surface area contributed by atoms with E-state index < -0.39 is 0 Å². The van der Waals surface area contributed by atoms with Crippen LogP contribution in [0.15, 0.2) is 0 Å². The van der Waals surface area contributed by atoms with Crippen molar-refractivity contribution in [2.75, 3.05) is 20.0 Å². The largest absolute Gasteiger partial charge is 0.307 e. The monoisotopic (exact) mass is 585 g/mol. The van der Waals surface area contributed by atoms with E-state index in [4.69, 9.17) is 0 Å². The first kappa shape index (κ1) is 33.3. The molecule has 0 atom stereocenters. The van der Waals surface area contributed by atoms with Crippen molar-refractivity contribution in [1.82, 2.24) is 14.7 Å². The maximum absolute atomic E-state index is 14.0. The zero-order valence-corrected chi connectivity index (χ0v) is 28.6. The SMILES string of the molecule is CC(C)(C)C1CCC(C(=O)N2CN(C(=O)C3CCC(C(C)(C)C)CC3)CN(C(=O)C3CCC(C(C)(C)C)CC3)C2)CC1. The highest BCUT2D eigenvalue weighted by molar-refractivity contribution is 5.84. The van der Waals surface area contributed by atoms with Crippen LogP contribution in [0.1, 0.15) is 139 Å². The van der Waals surface area contributed by atoms with Gasteiger partial charge in [-0.05, 0) is 111 Å². The van der Waals surface area contributed by atoms with Crippen LogP contribution in [0.2, 0.25) is 0 Å². The fourth-order valence-electron chi connectivity index (χ4n) is 8.56. The molecule has 4 fully saturated rings. The van der Waals surface area contributed by atoms with Crippen molar-refractivity contribution in [2.45, 2.75) is 139 Å². The predicted octanol–water partition coefficient (Wildman–Crippen LogP) is 7.92. The first-order valence-electron chi connectivity index (χ1n) is 17.3. The third-order valence-electron chi connectivity index (χ3n) is 11.9. The lowest BCUT2D eigenvalue weighted by Crippen LogP contribution is -2.62. The smallest absolute Gasteiger partial charge is 0.228 e. The summed E-state index contributed by atoms with van der Waals surface area (Å²) in [6, 6.07) is 0. The second-order valence-electron chi connectivity index (χ2n) is 17.8. The minimum absolute atomic E-state index is 0.0000489. The second kappa shape index (κ2) is 12.8. The van der Waals surface area contributed by atoms with Gasteiger partial charge in [0.25, 0.3) is 0 Å². The van der Waals surface area contributed by atoms with Crippen LogP contribution >= 0.6 is 0 Å². The molecule has 0 spiro atoms. The molecule has 4 aliphatic rings. The lowest BCUT2D eigenvalue weighted by molar-refractivity contribution is -0.165. The molecule has 0 N–H and O–H groups in total. The number of rotatable bonds is 3. The molecular weight excluding hydrogens is 522 g/mol. The van der Waals surface area contributed by atoms with Crippen LogP contribution in [0.3, 0.4) is 0 Å². The molecule has 0 radical (unpaired) electrons. The summed E-state index contributed by atoms with van der Waals surface area (Å²) >= 11 is 0. The van der Waals surface area contributed by atoms with Gasteiger partial charge in [-0.1, -0.05) is 62.3 Å². The van der Waals surface area contributed by atoms with E-state index in [1.54, 1.807) is 0 Å². The molecule has 6 nitrogen and oxygen atoms in total. The Hall–Kier alpha value is -1.59. The molecule has 0 aromatic carbocycles. The Morgan fingerprint density at radius 3 is 0.738 bits per heavy atom. The number of carbonyl (C=O) groups excluding carboxylic acids is 3. The molecule has 42 heavy (non-hydrogen) atoms. The first-order chi connectivity index (χ1) is 19.4. The topological polar surface area (TPSA) is 60.9 Å². The second-order valence-corrected chi connectivity index (χ2v) is 17.8. The molecular formula is C36H63N3O3. The fraction of sp³-hybridized carbons (Fsp3) is 0.917. The summed E-state index contributed by atoms with van der Waals surface area (Å²) in [6.45, 7) is 21.8. The van der Waals surface area contributed by atoms with E-state index in [9.17, 15) is 14.4 Å². The highest BCUT2D eigenvalue weighted by Gasteiger charge is 2.42. The molecule has 0 unspecified atom stereocenters. The van der Waals surface area contributed by atoms with E-state index in [0.717, 1.165) is 77.0 Å². The van der Waals surface area contributed by atoms with Crippen molar-refractivity contribution in [3.63, 3.8) is 0 Å². The molecule has 1 aliphatic heterocycles. The Kier molecular flexibility index (Phi) is 10.1. The lowest BCUT2D eigenvalue weighted by atomic mass is 9.69. The van der Waals surface area contributed by atoms with Gasteiger partial charge in [-0.2, -0.15) is 0 Å². The van der Waals surface area contributed by atoms with Crippen LogP contribution in [0, 0.1) is 51.8 Å². The molecule has 0 aromatic heterocycles. The van der Waals surface area contributed by atoms with Gasteiger partial charge in [0.1, 0.15) is 0 Å². The molecule has 1 heterocycles. The van der Waals surface area contributed by atoms with Crippen molar-refractivity contribution < 1.29 is 14.4 Å². The Labute approximate surface area is 257 Å². The number of hydrogen-bond donors (Lipinski definition) is 0. The van der Waals surface area contributed by atoms with Crippen molar-refractivity contribution >= 4 is 17.7 Å². The van der Waals surface area contributed by atoms with Crippen LogP contribution in [0.5, 0.6) is 0 Å². The number of carbonyl (C=O) groups is 3. The fourth-order valence-corrected chi connectivity index (χ4v) is 8.56. The first-order valence-corrected chi connectivity index (χ1v) is 17.3. The predicted molar refractivity (Wildman–Crippen MR) is 170 cm³/mol. The third-order valence-corrected chi connectivity index (χ3v) is 11.9. The van der Waals surface area contributed by atoms with Gasteiger partial charge in [0.2, 0.25) is 17.7 Å². The highest BCUT2D eigenvalue weighted by atomic mass is 16.2. The summed E-state index contributed by atoms with van der Waals surface area (Å²) in [6.07, 6.45) is 11.9. The van der Waals surface area contributed by atoms with Crippen LogP contribution < -0.4 is 0 Å². The van der Waals surface area contributed by atoms with Gasteiger partial charge in [0, 0.05) is 17.8 Å². The van der Waals surface area contributed by atoms with E-state index in [0.29, 0.717) is 37.8 Å². The number of nitrogens with zero attached hydrogens (tertiary/aromatic N) is 3. The molecule has 1 saturated heterocycles. The molecule has 4 rings (SSSR count). The number of hydrogen-bond acceptors (Lipinski definition) is 3. The Bertz CT molecular complexity index is 817. The maximum Gasteiger partial charge on any atom is 0.228 e. The Morgan fingerprint density at radius 2 is 0.571 bits per heavy atom.